The maximum Gasteiger partial charge on any atom is 0.387 e. The summed E-state index contributed by atoms with van der Waals surface area (Å²) >= 11 is 0. The van der Waals surface area contributed by atoms with Crippen molar-refractivity contribution in [3.05, 3.63) is 35.9 Å². The third-order valence-corrected chi connectivity index (χ3v) is 2.13. The van der Waals surface area contributed by atoms with E-state index < -0.39 is 12.5 Å². The van der Waals surface area contributed by atoms with Crippen molar-refractivity contribution in [3.63, 3.8) is 0 Å². The first-order chi connectivity index (χ1) is 9.65. The number of amides is 1. The van der Waals surface area contributed by atoms with Crippen LogP contribution in [-0.4, -0.2) is 33.1 Å². The van der Waals surface area contributed by atoms with Crippen LogP contribution in [0.5, 0.6) is 5.75 Å². The van der Waals surface area contributed by atoms with Crippen LogP contribution in [0.4, 0.5) is 14.7 Å². The lowest BCUT2D eigenvalue weighted by Gasteiger charge is -2.07. The summed E-state index contributed by atoms with van der Waals surface area (Å²) in [5.41, 5.74) is 0.344. The SMILES string of the molecule is O=C(C=Cc1ccccc1OC(F)F)Nc1nn[nH]n1. The first-order valence-corrected chi connectivity index (χ1v) is 5.41. The average molecular weight is 281 g/mol. The smallest absolute Gasteiger partial charge is 0.387 e. The number of rotatable bonds is 5. The normalized spacial score (nSPS) is 10.9. The number of hydrogen-bond donors (Lipinski definition) is 2. The summed E-state index contributed by atoms with van der Waals surface area (Å²) in [5.74, 6) is -0.541. The van der Waals surface area contributed by atoms with Gasteiger partial charge in [-0.15, -0.1) is 5.10 Å². The number of aromatic amines is 1. The molecule has 104 valence electrons. The van der Waals surface area contributed by atoms with Crippen LogP contribution < -0.4 is 10.1 Å². The maximum absolute atomic E-state index is 12.2. The quantitative estimate of drug-likeness (QED) is 0.809. The third-order valence-electron chi connectivity index (χ3n) is 2.13. The molecule has 0 spiro atoms. The molecule has 0 aliphatic rings. The molecule has 0 saturated carbocycles. The number of ether oxygens (including phenoxy) is 1. The molecule has 0 aliphatic carbocycles. The van der Waals surface area contributed by atoms with Gasteiger partial charge in [0.05, 0.1) is 0 Å². The zero-order valence-electron chi connectivity index (χ0n) is 9.96. The molecule has 7 nitrogen and oxygen atoms in total. The van der Waals surface area contributed by atoms with Crippen LogP contribution in [0.3, 0.4) is 0 Å². The van der Waals surface area contributed by atoms with Gasteiger partial charge in [0.2, 0.25) is 0 Å². The predicted molar refractivity (Wildman–Crippen MR) is 64.9 cm³/mol. The van der Waals surface area contributed by atoms with E-state index in [9.17, 15) is 13.6 Å². The molecule has 0 fully saturated rings. The van der Waals surface area contributed by atoms with E-state index in [1.165, 1.54) is 18.2 Å². The minimum absolute atomic E-state index is 0.0109. The first kappa shape index (κ1) is 13.6. The molecule has 2 rings (SSSR count). The van der Waals surface area contributed by atoms with Crippen molar-refractivity contribution in [1.29, 1.82) is 0 Å². The highest BCUT2D eigenvalue weighted by Gasteiger charge is 2.07. The molecule has 0 bridgehead atoms. The van der Waals surface area contributed by atoms with Crippen molar-refractivity contribution in [1.82, 2.24) is 20.6 Å². The molecular weight excluding hydrogens is 272 g/mol. The van der Waals surface area contributed by atoms with E-state index in [0.29, 0.717) is 5.56 Å². The fourth-order valence-electron chi connectivity index (χ4n) is 1.35. The fourth-order valence-corrected chi connectivity index (χ4v) is 1.35. The number of hydrogen-bond acceptors (Lipinski definition) is 5. The summed E-state index contributed by atoms with van der Waals surface area (Å²) in [5, 5.41) is 14.8. The van der Waals surface area contributed by atoms with Gasteiger partial charge in [0.15, 0.2) is 0 Å². The van der Waals surface area contributed by atoms with E-state index in [2.05, 4.69) is 30.7 Å². The van der Waals surface area contributed by atoms with Gasteiger partial charge in [0.25, 0.3) is 11.9 Å². The average Bonchev–Trinajstić information content (AvgIpc) is 2.90. The standard InChI is InChI=1S/C11H9F2N5O2/c12-10(13)20-8-4-2-1-3-7(8)5-6-9(19)14-11-15-17-18-16-11/h1-6,10H,(H2,14,15,16,17,18,19). The second-order valence-electron chi connectivity index (χ2n) is 3.47. The van der Waals surface area contributed by atoms with Crippen LogP contribution in [0.15, 0.2) is 30.3 Å². The van der Waals surface area contributed by atoms with Crippen LogP contribution in [0, 0.1) is 0 Å². The van der Waals surface area contributed by atoms with Crippen molar-refractivity contribution < 1.29 is 18.3 Å². The molecule has 20 heavy (non-hydrogen) atoms. The number of aromatic nitrogens is 4. The Kier molecular flexibility index (Phi) is 4.32. The highest BCUT2D eigenvalue weighted by Crippen LogP contribution is 2.21. The topological polar surface area (TPSA) is 92.8 Å². The maximum atomic E-state index is 12.2. The van der Waals surface area contributed by atoms with Crippen molar-refractivity contribution in [3.8, 4) is 5.75 Å². The summed E-state index contributed by atoms with van der Waals surface area (Å²) in [4.78, 5) is 11.5. The molecular formula is C11H9F2N5O2. The van der Waals surface area contributed by atoms with E-state index in [0.717, 1.165) is 6.08 Å². The molecule has 0 atom stereocenters. The van der Waals surface area contributed by atoms with Crippen molar-refractivity contribution in [2.75, 3.05) is 5.32 Å². The number of H-pyrrole nitrogens is 1. The van der Waals surface area contributed by atoms with Crippen LogP contribution in [-0.2, 0) is 4.79 Å². The number of nitrogens with zero attached hydrogens (tertiary/aromatic N) is 3. The minimum atomic E-state index is -2.93. The summed E-state index contributed by atoms with van der Waals surface area (Å²) in [6, 6.07) is 6.10. The Balaban J connectivity index is 2.05. The molecule has 1 heterocycles. The number of para-hydroxylation sites is 1. The summed E-state index contributed by atoms with van der Waals surface area (Å²) in [7, 11) is 0. The highest BCUT2D eigenvalue weighted by atomic mass is 19.3. The van der Waals surface area contributed by atoms with E-state index in [1.807, 2.05) is 0 Å². The van der Waals surface area contributed by atoms with Gasteiger partial charge in [-0.2, -0.15) is 14.0 Å². The van der Waals surface area contributed by atoms with Gasteiger partial charge in [0.1, 0.15) is 5.75 Å². The molecule has 0 radical (unpaired) electrons. The van der Waals surface area contributed by atoms with Gasteiger partial charge in [0, 0.05) is 11.6 Å². The van der Waals surface area contributed by atoms with E-state index in [4.69, 9.17) is 0 Å². The number of tetrazole rings is 1. The molecule has 0 unspecified atom stereocenters. The lowest BCUT2D eigenvalue weighted by molar-refractivity contribution is -0.111. The monoisotopic (exact) mass is 281 g/mol. The first-order valence-electron chi connectivity index (χ1n) is 5.41. The molecule has 0 saturated heterocycles. The molecule has 1 aromatic heterocycles. The van der Waals surface area contributed by atoms with E-state index in [-0.39, 0.29) is 11.7 Å². The largest absolute Gasteiger partial charge is 0.434 e. The van der Waals surface area contributed by atoms with Crippen LogP contribution >= 0.6 is 0 Å². The molecule has 2 aromatic rings. The van der Waals surface area contributed by atoms with Gasteiger partial charge in [-0.3, -0.25) is 10.1 Å². The van der Waals surface area contributed by atoms with Gasteiger partial charge < -0.3 is 4.74 Å². The van der Waals surface area contributed by atoms with Gasteiger partial charge in [-0.1, -0.05) is 23.3 Å². The lowest BCUT2D eigenvalue weighted by Crippen LogP contribution is -2.09. The van der Waals surface area contributed by atoms with Gasteiger partial charge in [-0.05, 0) is 17.4 Å². The number of carbonyl (C=O) groups is 1. The van der Waals surface area contributed by atoms with Crippen molar-refractivity contribution in [2.45, 2.75) is 6.61 Å². The van der Waals surface area contributed by atoms with Crippen molar-refractivity contribution in [2.24, 2.45) is 0 Å². The molecule has 1 aromatic carbocycles. The molecule has 0 aliphatic heterocycles. The van der Waals surface area contributed by atoms with Crippen LogP contribution in [0.2, 0.25) is 0 Å². The number of benzene rings is 1. The summed E-state index contributed by atoms with van der Waals surface area (Å²) in [6.07, 6.45) is 2.48. The Hall–Kier alpha value is -2.84. The van der Waals surface area contributed by atoms with Crippen molar-refractivity contribution >= 4 is 17.9 Å². The van der Waals surface area contributed by atoms with Gasteiger partial charge >= 0.3 is 6.61 Å². The van der Waals surface area contributed by atoms with E-state index in [1.54, 1.807) is 12.1 Å². The van der Waals surface area contributed by atoms with E-state index >= 15 is 0 Å². The number of nitrogens with one attached hydrogen (secondary N) is 2. The third kappa shape index (κ3) is 3.83. The molecule has 9 heteroatoms. The Morgan fingerprint density at radius 3 is 2.90 bits per heavy atom. The second-order valence-corrected chi connectivity index (χ2v) is 3.47. The Morgan fingerprint density at radius 2 is 2.20 bits per heavy atom. The molecule has 1 amide bonds. The minimum Gasteiger partial charge on any atom is -0.434 e. The van der Waals surface area contributed by atoms with Crippen LogP contribution in [0.1, 0.15) is 5.56 Å². The Bertz CT molecular complexity index is 601. The Labute approximate surface area is 111 Å². The highest BCUT2D eigenvalue weighted by molar-refractivity contribution is 6.01. The molecule has 2 N–H and O–H groups in total. The zero-order valence-corrected chi connectivity index (χ0v) is 9.96. The second kappa shape index (κ2) is 6.36. The number of carbonyl (C=O) groups excluding carboxylic acids is 1. The summed E-state index contributed by atoms with van der Waals surface area (Å²) < 4.78 is 28.7. The number of alkyl halides is 2. The zero-order chi connectivity index (χ0) is 14.4. The van der Waals surface area contributed by atoms with Gasteiger partial charge in [-0.25, -0.2) is 0 Å². The summed E-state index contributed by atoms with van der Waals surface area (Å²) in [6.45, 7) is -2.93. The van der Waals surface area contributed by atoms with Crippen LogP contribution in [0.25, 0.3) is 6.08 Å². The Morgan fingerprint density at radius 1 is 1.40 bits per heavy atom. The number of anilines is 1. The predicted octanol–water partition coefficient (Wildman–Crippen LogP) is 1.45. The fraction of sp³-hybridized carbons (Fsp3) is 0.0909. The number of halogens is 2. The lowest BCUT2D eigenvalue weighted by atomic mass is 10.2.